The van der Waals surface area contributed by atoms with E-state index in [4.69, 9.17) is 24.2 Å². The Morgan fingerprint density at radius 1 is 0.471 bits per heavy atom. The van der Waals surface area contributed by atoms with Crippen molar-refractivity contribution in [3.63, 3.8) is 0 Å². The van der Waals surface area contributed by atoms with Gasteiger partial charge in [0.1, 0.15) is 17.2 Å². The van der Waals surface area contributed by atoms with Crippen LogP contribution in [0, 0.1) is 33.4 Å². The second-order valence-corrected chi connectivity index (χ2v) is 16.5. The summed E-state index contributed by atoms with van der Waals surface area (Å²) in [4.78, 5) is 26.8. The predicted octanol–water partition coefficient (Wildman–Crippen LogP) is 14.0. The highest BCUT2D eigenvalue weighted by Gasteiger charge is 2.31. The highest BCUT2D eigenvalue weighted by Crippen LogP contribution is 2.45. The van der Waals surface area contributed by atoms with Crippen LogP contribution in [0.15, 0.2) is 131 Å². The van der Waals surface area contributed by atoms with E-state index in [2.05, 4.69) is 9.97 Å². The van der Waals surface area contributed by atoms with Crippen molar-refractivity contribution in [3.8, 4) is 61.8 Å². The van der Waals surface area contributed by atoms with Gasteiger partial charge in [0.15, 0.2) is 23.3 Å². The number of hydrogen-bond donors (Lipinski definition) is 2. The van der Waals surface area contributed by atoms with Gasteiger partial charge in [-0.1, -0.05) is 60.3 Å². The molecule has 0 fully saturated rings. The second-order valence-electron chi connectivity index (χ2n) is 15.5. The normalized spacial score (nSPS) is 11.8. The molecule has 5 aromatic carbocycles. The van der Waals surface area contributed by atoms with E-state index >= 15 is 17.6 Å². The fraction of sp³-hybridized carbons (Fsp3) is 0.0566. The average Bonchev–Trinajstić information content (AvgIpc) is 4.22. The maximum absolute atomic E-state index is 17.0. The number of fused-ring (bicyclic) bond motifs is 8. The fourth-order valence-electron chi connectivity index (χ4n) is 8.38. The Labute approximate surface area is 389 Å². The zero-order chi connectivity index (χ0) is 47.2. The lowest BCUT2D eigenvalue weighted by atomic mass is 10.0. The number of rotatable bonds is 10. The highest BCUT2D eigenvalue weighted by molar-refractivity contribution is 7.99. The first kappa shape index (κ1) is 43.5. The van der Waals surface area contributed by atoms with Crippen molar-refractivity contribution >= 4 is 63.8 Å². The van der Waals surface area contributed by atoms with Gasteiger partial charge in [-0.25, -0.2) is 27.5 Å². The first-order valence-corrected chi connectivity index (χ1v) is 21.7. The van der Waals surface area contributed by atoms with Crippen molar-refractivity contribution in [3.05, 3.63) is 177 Å². The van der Waals surface area contributed by atoms with Crippen LogP contribution in [0.5, 0.6) is 17.2 Å². The van der Waals surface area contributed by atoms with E-state index in [-0.39, 0.29) is 33.4 Å². The SMILES string of the molecule is COc1ccc(-c2c3nc(c(-c4ccc(OC)cc4)c4ccc([nH]4)c(-c4c(F)c(F)c(Sc5ccccc5[N+](=O)[O-])c(F)c4F)c4nc(c(-c5ccc(OC)cc5)c5ccc2[nH]5)C=C4)C=C3)cc1. The Hall–Kier alpha value is -8.43. The number of methoxy groups -OCH3 is 3. The molecule has 0 radical (unpaired) electrons. The number of para-hydroxylation sites is 1. The molecule has 3 aromatic heterocycles. The number of hydrogen-bond acceptors (Lipinski definition) is 8. The Kier molecular flexibility index (Phi) is 11.3. The molecule has 0 atom stereocenters. The Bertz CT molecular complexity index is 3500. The fourth-order valence-corrected chi connectivity index (χ4v) is 9.35. The summed E-state index contributed by atoms with van der Waals surface area (Å²) in [6.45, 7) is 0. The number of H-pyrrole nitrogens is 2. The zero-order valence-corrected chi connectivity index (χ0v) is 37.0. The molecule has 2 aliphatic rings. The van der Waals surface area contributed by atoms with E-state index in [1.165, 1.54) is 24.3 Å². The summed E-state index contributed by atoms with van der Waals surface area (Å²) in [6, 6.07) is 34.4. The summed E-state index contributed by atoms with van der Waals surface area (Å²) in [6.07, 6.45) is 6.95. The summed E-state index contributed by atoms with van der Waals surface area (Å²) in [5.41, 5.74) is 5.60. The van der Waals surface area contributed by atoms with Crippen LogP contribution in [0.4, 0.5) is 23.2 Å². The van der Waals surface area contributed by atoms with Crippen LogP contribution in [0.3, 0.4) is 0 Å². The third-order valence-corrected chi connectivity index (χ3v) is 12.8. The molecule has 0 spiro atoms. The smallest absolute Gasteiger partial charge is 0.283 e. The summed E-state index contributed by atoms with van der Waals surface area (Å²) in [7, 11) is 4.71. The molecule has 10 rings (SSSR count). The van der Waals surface area contributed by atoms with E-state index in [0.717, 1.165) is 17.2 Å². The number of benzene rings is 5. The molecule has 0 unspecified atom stereocenters. The first-order chi connectivity index (χ1) is 33.0. The molecule has 15 heteroatoms. The minimum Gasteiger partial charge on any atom is -0.497 e. The summed E-state index contributed by atoms with van der Waals surface area (Å²) < 4.78 is 83.3. The third kappa shape index (κ3) is 7.71. The van der Waals surface area contributed by atoms with E-state index in [9.17, 15) is 10.1 Å². The minimum atomic E-state index is -1.74. The molecule has 2 aliphatic heterocycles. The monoisotopic (exact) mass is 929 g/mol. The molecule has 0 amide bonds. The molecular weight excluding hydrogens is 895 g/mol. The van der Waals surface area contributed by atoms with Crippen molar-refractivity contribution in [2.75, 3.05) is 21.3 Å². The molecule has 336 valence electrons. The van der Waals surface area contributed by atoms with Crippen molar-refractivity contribution in [1.82, 2.24) is 19.9 Å². The summed E-state index contributed by atoms with van der Waals surface area (Å²) in [5.74, 6) is -5.08. The molecule has 0 saturated heterocycles. The number of nitrogens with zero attached hydrogens (tertiary/aromatic N) is 3. The number of aromatic nitrogens is 4. The summed E-state index contributed by atoms with van der Waals surface area (Å²) >= 11 is 0.209. The lowest BCUT2D eigenvalue weighted by Crippen LogP contribution is -2.04. The van der Waals surface area contributed by atoms with Gasteiger partial charge in [-0.2, -0.15) is 0 Å². The Balaban J connectivity index is 1.33. The van der Waals surface area contributed by atoms with Crippen LogP contribution in [0.1, 0.15) is 22.8 Å². The molecule has 68 heavy (non-hydrogen) atoms. The molecule has 0 aliphatic carbocycles. The average molecular weight is 930 g/mol. The molecule has 2 N–H and O–H groups in total. The third-order valence-electron chi connectivity index (χ3n) is 11.6. The van der Waals surface area contributed by atoms with Gasteiger partial charge in [0.2, 0.25) is 0 Å². The largest absolute Gasteiger partial charge is 0.497 e. The van der Waals surface area contributed by atoms with Gasteiger partial charge in [0.05, 0.1) is 64.4 Å². The van der Waals surface area contributed by atoms with Crippen molar-refractivity contribution < 1.29 is 36.7 Å². The van der Waals surface area contributed by atoms with Crippen molar-refractivity contribution in [2.45, 2.75) is 9.79 Å². The molecular formula is C53H35F4N5O5S. The predicted molar refractivity (Wildman–Crippen MR) is 257 cm³/mol. The quantitative estimate of drug-likeness (QED) is 0.0600. The molecule has 8 bridgehead atoms. The number of nitro benzene ring substituents is 1. The number of ether oxygens (including phenoxy) is 3. The molecule has 0 saturated carbocycles. The van der Waals surface area contributed by atoms with Crippen LogP contribution < -0.4 is 14.2 Å². The molecule has 8 aromatic rings. The minimum absolute atomic E-state index is 0.0285. The van der Waals surface area contributed by atoms with Crippen LogP contribution in [-0.2, 0) is 0 Å². The second kappa shape index (κ2) is 17.8. The van der Waals surface area contributed by atoms with Gasteiger partial charge in [0, 0.05) is 50.4 Å². The molecule has 10 nitrogen and oxygen atoms in total. The van der Waals surface area contributed by atoms with E-state index < -0.39 is 44.3 Å². The molecule has 5 heterocycles. The van der Waals surface area contributed by atoms with Gasteiger partial charge in [0.25, 0.3) is 5.69 Å². The van der Waals surface area contributed by atoms with Crippen LogP contribution in [-0.4, -0.2) is 46.2 Å². The number of nitro groups is 1. The van der Waals surface area contributed by atoms with E-state index in [1.54, 1.807) is 63.8 Å². The number of aromatic amines is 2. The first-order valence-electron chi connectivity index (χ1n) is 20.9. The Morgan fingerprint density at radius 3 is 1.19 bits per heavy atom. The van der Waals surface area contributed by atoms with Gasteiger partial charge in [-0.05, 0) is 108 Å². The zero-order valence-electron chi connectivity index (χ0n) is 36.2. The van der Waals surface area contributed by atoms with Crippen LogP contribution >= 0.6 is 11.8 Å². The lowest BCUT2D eigenvalue weighted by Gasteiger charge is -2.13. The van der Waals surface area contributed by atoms with Gasteiger partial charge in [-0.3, -0.25) is 10.1 Å². The Morgan fingerprint density at radius 2 is 0.824 bits per heavy atom. The van der Waals surface area contributed by atoms with Crippen molar-refractivity contribution in [1.29, 1.82) is 0 Å². The maximum atomic E-state index is 17.0. The standard InChI is InChI=1S/C53H35F4N5O5S/c1-65-31-14-8-28(9-15-31)44-34-20-22-36(58-34)45(29-10-16-32(66-2)17-11-29)38-24-26-40(60-38)47(48-49(54)51(56)53(52(57)50(48)55)68-43-7-5-4-6-42(43)62(63)64)41-27-25-39(61-41)46(37-23-21-35(44)59-37)30-12-18-33(67-3)19-13-30/h4-27,58,61H,1-3H3. The van der Waals surface area contributed by atoms with E-state index in [0.29, 0.717) is 73.1 Å². The number of halogens is 4. The number of nitrogens with one attached hydrogen (secondary N) is 2. The van der Waals surface area contributed by atoms with Gasteiger partial charge < -0.3 is 24.2 Å². The van der Waals surface area contributed by atoms with Crippen LogP contribution in [0.2, 0.25) is 0 Å². The van der Waals surface area contributed by atoms with Gasteiger partial charge in [-0.15, -0.1) is 0 Å². The summed E-state index contributed by atoms with van der Waals surface area (Å²) in [5, 5.41) is 11.8. The highest BCUT2D eigenvalue weighted by atomic mass is 32.2. The van der Waals surface area contributed by atoms with E-state index in [1.807, 2.05) is 72.8 Å². The lowest BCUT2D eigenvalue weighted by molar-refractivity contribution is -0.387. The van der Waals surface area contributed by atoms with Crippen LogP contribution in [0.25, 0.3) is 90.9 Å². The maximum Gasteiger partial charge on any atom is 0.283 e. The topological polar surface area (TPSA) is 128 Å². The van der Waals surface area contributed by atoms with Crippen molar-refractivity contribution in [2.24, 2.45) is 0 Å². The van der Waals surface area contributed by atoms with Gasteiger partial charge >= 0.3 is 0 Å².